The van der Waals surface area contributed by atoms with Crippen LogP contribution in [0.25, 0.3) is 10.4 Å². The molecule has 1 heterocycles. The molecule has 2 heteroatoms. The number of rotatable bonds is 5. The van der Waals surface area contributed by atoms with Crippen LogP contribution in [-0.2, 0) is 6.54 Å². The van der Waals surface area contributed by atoms with Gasteiger partial charge in [0.15, 0.2) is 0 Å². The second kappa shape index (κ2) is 6.70. The van der Waals surface area contributed by atoms with Gasteiger partial charge in [0.1, 0.15) is 0 Å². The summed E-state index contributed by atoms with van der Waals surface area (Å²) in [5.74, 6) is 0. The third-order valence-corrected chi connectivity index (χ3v) is 4.74. The van der Waals surface area contributed by atoms with Gasteiger partial charge >= 0.3 is 0 Å². The standard InChI is InChI=1S/C19H19NS/c1-15(16-8-4-2-5-9-16)20-14-18-12-13-19(21-18)17-10-6-3-7-11-17/h2-13,15,20H,14H2,1H3/t15-/m1/s1. The molecule has 0 saturated carbocycles. The van der Waals surface area contributed by atoms with E-state index in [0.29, 0.717) is 6.04 Å². The highest BCUT2D eigenvalue weighted by atomic mass is 32.1. The summed E-state index contributed by atoms with van der Waals surface area (Å²) in [6.45, 7) is 3.12. The SMILES string of the molecule is C[C@@H](NCc1ccc(-c2ccccc2)s1)c1ccccc1. The Morgan fingerprint density at radius 1 is 0.857 bits per heavy atom. The summed E-state index contributed by atoms with van der Waals surface area (Å²) in [7, 11) is 0. The predicted octanol–water partition coefficient (Wildman–Crippen LogP) is 5.27. The summed E-state index contributed by atoms with van der Waals surface area (Å²) in [4.78, 5) is 2.70. The largest absolute Gasteiger partial charge is 0.305 e. The lowest BCUT2D eigenvalue weighted by atomic mass is 10.1. The van der Waals surface area contributed by atoms with Crippen molar-refractivity contribution in [1.29, 1.82) is 0 Å². The Morgan fingerprint density at radius 3 is 2.24 bits per heavy atom. The quantitative estimate of drug-likeness (QED) is 0.676. The zero-order valence-corrected chi connectivity index (χ0v) is 12.9. The average Bonchev–Trinajstić information content (AvgIpc) is 3.03. The van der Waals surface area contributed by atoms with Crippen molar-refractivity contribution in [1.82, 2.24) is 5.32 Å². The van der Waals surface area contributed by atoms with Crippen molar-refractivity contribution in [3.63, 3.8) is 0 Å². The zero-order valence-electron chi connectivity index (χ0n) is 12.1. The summed E-state index contributed by atoms with van der Waals surface area (Å²) in [6, 6.07) is 25.9. The molecule has 0 amide bonds. The lowest BCUT2D eigenvalue weighted by molar-refractivity contribution is 0.579. The Hall–Kier alpha value is -1.90. The molecule has 0 aliphatic heterocycles. The van der Waals surface area contributed by atoms with Crippen molar-refractivity contribution in [2.45, 2.75) is 19.5 Å². The molecule has 106 valence electrons. The minimum Gasteiger partial charge on any atom is -0.305 e. The van der Waals surface area contributed by atoms with Crippen LogP contribution in [0.1, 0.15) is 23.4 Å². The second-order valence-corrected chi connectivity index (χ2v) is 6.31. The molecule has 1 atom stereocenters. The maximum Gasteiger partial charge on any atom is 0.0346 e. The van der Waals surface area contributed by atoms with Crippen LogP contribution in [0, 0.1) is 0 Å². The molecule has 3 rings (SSSR count). The molecule has 2 aromatic carbocycles. The Balaban J connectivity index is 1.63. The Kier molecular flexibility index (Phi) is 4.49. The fourth-order valence-corrected chi connectivity index (χ4v) is 3.31. The minimum atomic E-state index is 0.369. The highest BCUT2D eigenvalue weighted by Gasteiger charge is 2.06. The Labute approximate surface area is 130 Å². The van der Waals surface area contributed by atoms with E-state index in [0.717, 1.165) is 6.54 Å². The molecule has 0 unspecified atom stereocenters. The fraction of sp³-hybridized carbons (Fsp3) is 0.158. The Bertz CT molecular complexity index is 673. The van der Waals surface area contributed by atoms with Crippen molar-refractivity contribution in [3.05, 3.63) is 83.2 Å². The molecule has 0 bridgehead atoms. The van der Waals surface area contributed by atoms with E-state index in [9.17, 15) is 0 Å². The maximum atomic E-state index is 3.59. The molecule has 1 aromatic heterocycles. The maximum absolute atomic E-state index is 3.59. The number of benzene rings is 2. The van der Waals surface area contributed by atoms with E-state index in [-0.39, 0.29) is 0 Å². The predicted molar refractivity (Wildman–Crippen MR) is 91.5 cm³/mol. The summed E-state index contributed by atoms with van der Waals surface area (Å²) in [5, 5.41) is 3.59. The summed E-state index contributed by atoms with van der Waals surface area (Å²) >= 11 is 1.86. The molecule has 0 aliphatic carbocycles. The Morgan fingerprint density at radius 2 is 1.52 bits per heavy atom. The monoisotopic (exact) mass is 293 g/mol. The van der Waals surface area contributed by atoms with Crippen molar-refractivity contribution in [2.75, 3.05) is 0 Å². The van der Waals surface area contributed by atoms with Crippen molar-refractivity contribution >= 4 is 11.3 Å². The molecule has 0 fully saturated rings. The third kappa shape index (κ3) is 3.60. The van der Waals surface area contributed by atoms with E-state index in [1.54, 1.807) is 0 Å². The molecule has 1 nitrogen and oxygen atoms in total. The molecule has 3 aromatic rings. The van der Waals surface area contributed by atoms with E-state index in [4.69, 9.17) is 0 Å². The molecule has 0 aliphatic rings. The van der Waals surface area contributed by atoms with Gasteiger partial charge in [0.2, 0.25) is 0 Å². The molecule has 0 radical (unpaired) electrons. The first-order chi connectivity index (χ1) is 10.3. The van der Waals surface area contributed by atoms with Gasteiger partial charge in [0.05, 0.1) is 0 Å². The number of thiophene rings is 1. The minimum absolute atomic E-state index is 0.369. The van der Waals surface area contributed by atoms with Crippen LogP contribution in [0.15, 0.2) is 72.8 Å². The topological polar surface area (TPSA) is 12.0 Å². The summed E-state index contributed by atoms with van der Waals surface area (Å²) in [6.07, 6.45) is 0. The molecular weight excluding hydrogens is 274 g/mol. The molecule has 0 saturated heterocycles. The number of hydrogen-bond donors (Lipinski definition) is 1. The highest BCUT2D eigenvalue weighted by molar-refractivity contribution is 7.15. The van der Waals surface area contributed by atoms with Crippen LogP contribution in [0.5, 0.6) is 0 Å². The van der Waals surface area contributed by atoms with E-state index in [1.165, 1.54) is 20.9 Å². The van der Waals surface area contributed by atoms with Gasteiger partial charge in [-0.15, -0.1) is 11.3 Å². The van der Waals surface area contributed by atoms with E-state index >= 15 is 0 Å². The first-order valence-electron chi connectivity index (χ1n) is 7.25. The zero-order chi connectivity index (χ0) is 14.5. The van der Waals surface area contributed by atoms with Crippen LogP contribution in [-0.4, -0.2) is 0 Å². The van der Waals surface area contributed by atoms with Crippen LogP contribution in [0.2, 0.25) is 0 Å². The van der Waals surface area contributed by atoms with Crippen molar-refractivity contribution < 1.29 is 0 Å². The first kappa shape index (κ1) is 14.1. The normalized spacial score (nSPS) is 12.2. The van der Waals surface area contributed by atoms with Gasteiger partial charge in [0.25, 0.3) is 0 Å². The van der Waals surface area contributed by atoms with Gasteiger partial charge in [-0.1, -0.05) is 60.7 Å². The first-order valence-corrected chi connectivity index (χ1v) is 8.07. The van der Waals surface area contributed by atoms with E-state index < -0.39 is 0 Å². The van der Waals surface area contributed by atoms with Gasteiger partial charge in [-0.05, 0) is 30.2 Å². The summed E-state index contributed by atoms with van der Waals surface area (Å²) < 4.78 is 0. The van der Waals surface area contributed by atoms with Crippen molar-refractivity contribution in [2.24, 2.45) is 0 Å². The van der Waals surface area contributed by atoms with Crippen LogP contribution in [0.3, 0.4) is 0 Å². The lowest BCUT2D eigenvalue weighted by Gasteiger charge is -2.13. The van der Waals surface area contributed by atoms with Gasteiger partial charge in [-0.3, -0.25) is 0 Å². The fourth-order valence-electron chi connectivity index (χ4n) is 2.34. The lowest BCUT2D eigenvalue weighted by Crippen LogP contribution is -2.17. The number of nitrogens with one attached hydrogen (secondary N) is 1. The molecule has 21 heavy (non-hydrogen) atoms. The molecular formula is C19H19NS. The van der Waals surface area contributed by atoms with Gasteiger partial charge in [-0.25, -0.2) is 0 Å². The second-order valence-electron chi connectivity index (χ2n) is 5.15. The van der Waals surface area contributed by atoms with E-state index in [2.05, 4.69) is 85.0 Å². The molecule has 1 N–H and O–H groups in total. The average molecular weight is 293 g/mol. The van der Waals surface area contributed by atoms with Crippen molar-refractivity contribution in [3.8, 4) is 10.4 Å². The van der Waals surface area contributed by atoms with Crippen LogP contribution < -0.4 is 5.32 Å². The number of hydrogen-bond acceptors (Lipinski definition) is 2. The van der Waals surface area contributed by atoms with Crippen LogP contribution in [0.4, 0.5) is 0 Å². The van der Waals surface area contributed by atoms with Crippen LogP contribution >= 0.6 is 11.3 Å². The highest BCUT2D eigenvalue weighted by Crippen LogP contribution is 2.28. The van der Waals surface area contributed by atoms with E-state index in [1.807, 2.05) is 11.3 Å². The van der Waals surface area contributed by atoms with Gasteiger partial charge in [0, 0.05) is 22.3 Å². The van der Waals surface area contributed by atoms with Gasteiger partial charge < -0.3 is 5.32 Å². The third-order valence-electron chi connectivity index (χ3n) is 3.60. The summed E-state index contributed by atoms with van der Waals surface area (Å²) in [5.41, 5.74) is 2.63. The molecule has 0 spiro atoms. The smallest absolute Gasteiger partial charge is 0.0346 e. The van der Waals surface area contributed by atoms with Gasteiger partial charge in [-0.2, -0.15) is 0 Å².